The second-order valence-corrected chi connectivity index (χ2v) is 3.21. The molecular weight excluding hydrogens is 334 g/mol. The number of aromatic hydroxyl groups is 1. The molecule has 1 aromatic carbocycles. The number of nitrogens with zero attached hydrogens (tertiary/aromatic N) is 2. The summed E-state index contributed by atoms with van der Waals surface area (Å²) in [6.45, 7) is 1.73. The van der Waals surface area contributed by atoms with Crippen LogP contribution in [0.3, 0.4) is 0 Å². The number of esters is 1. The molecular formula is C10H11AgN3O4. The number of phenolic OH excluding ortho intramolecular Hbond substituents is 1. The Kier molecular flexibility index (Phi) is 5.14. The molecule has 1 radical (unpaired) electrons. The van der Waals surface area contributed by atoms with Gasteiger partial charge in [-0.25, -0.2) is 4.79 Å². The van der Waals surface area contributed by atoms with Gasteiger partial charge in [-0.2, -0.15) is 0 Å². The largest absolute Gasteiger partial charge is 0.503 e. The molecule has 0 bridgehead atoms. The van der Waals surface area contributed by atoms with E-state index in [4.69, 9.17) is 9.47 Å². The fraction of sp³-hybridized carbons (Fsp3) is 0.300. The minimum atomic E-state index is -0.493. The molecule has 0 aliphatic heterocycles. The maximum Gasteiger partial charge on any atom is 0.344 e. The van der Waals surface area contributed by atoms with Gasteiger partial charge in [-0.3, -0.25) is 5.10 Å². The van der Waals surface area contributed by atoms with Gasteiger partial charge in [0, 0.05) is 22.4 Å². The Morgan fingerprint density at radius 2 is 2.28 bits per heavy atom. The van der Waals surface area contributed by atoms with E-state index in [0.29, 0.717) is 11.0 Å². The van der Waals surface area contributed by atoms with Gasteiger partial charge in [0.2, 0.25) is 0 Å². The molecule has 0 saturated carbocycles. The van der Waals surface area contributed by atoms with Crippen molar-refractivity contribution in [2.75, 3.05) is 13.2 Å². The number of hydrogen-bond donors (Lipinski definition) is 2. The van der Waals surface area contributed by atoms with E-state index in [1.54, 1.807) is 13.0 Å². The molecule has 2 N–H and O–H groups in total. The van der Waals surface area contributed by atoms with Crippen LogP contribution in [0.15, 0.2) is 12.1 Å². The van der Waals surface area contributed by atoms with Crippen molar-refractivity contribution in [1.82, 2.24) is 15.4 Å². The van der Waals surface area contributed by atoms with Crippen molar-refractivity contribution >= 4 is 17.0 Å². The van der Waals surface area contributed by atoms with Crippen LogP contribution >= 0.6 is 0 Å². The summed E-state index contributed by atoms with van der Waals surface area (Å²) in [5.74, 6) is -0.479. The maximum absolute atomic E-state index is 11.1. The Balaban J connectivity index is 0.00000162. The molecule has 2 aromatic rings. The van der Waals surface area contributed by atoms with Crippen molar-refractivity contribution in [2.24, 2.45) is 0 Å². The first-order valence-corrected chi connectivity index (χ1v) is 5.03. The number of aromatic amines is 1. The number of hydrogen-bond acceptors (Lipinski definition) is 6. The van der Waals surface area contributed by atoms with Crippen molar-refractivity contribution in [3.8, 4) is 11.5 Å². The number of benzene rings is 1. The third-order valence-corrected chi connectivity index (χ3v) is 2.09. The number of ether oxygens (including phenoxy) is 2. The number of nitrogens with one attached hydrogen (secondary N) is 1. The molecule has 0 spiro atoms. The molecule has 1 heterocycles. The fourth-order valence-electron chi connectivity index (χ4n) is 1.34. The second kappa shape index (κ2) is 6.39. The van der Waals surface area contributed by atoms with Gasteiger partial charge >= 0.3 is 5.97 Å². The molecule has 8 heteroatoms. The van der Waals surface area contributed by atoms with Crippen LogP contribution in [-0.2, 0) is 31.9 Å². The zero-order chi connectivity index (χ0) is 12.3. The van der Waals surface area contributed by atoms with E-state index in [9.17, 15) is 9.90 Å². The zero-order valence-electron chi connectivity index (χ0n) is 9.44. The Morgan fingerprint density at radius 1 is 1.50 bits per heavy atom. The zero-order valence-corrected chi connectivity index (χ0v) is 10.9. The molecule has 0 fully saturated rings. The van der Waals surface area contributed by atoms with Crippen LogP contribution < -0.4 is 4.74 Å². The number of carbonyl (C=O) groups is 1. The van der Waals surface area contributed by atoms with Gasteiger partial charge in [0.25, 0.3) is 0 Å². The Hall–Kier alpha value is -1.57. The Morgan fingerprint density at radius 3 is 3.00 bits per heavy atom. The van der Waals surface area contributed by atoms with E-state index in [1.807, 2.05) is 0 Å². The smallest absolute Gasteiger partial charge is 0.344 e. The van der Waals surface area contributed by atoms with Crippen LogP contribution in [0.1, 0.15) is 6.92 Å². The van der Waals surface area contributed by atoms with Gasteiger partial charge in [-0.05, 0) is 19.1 Å². The van der Waals surface area contributed by atoms with Crippen LogP contribution in [0.25, 0.3) is 11.0 Å². The number of rotatable bonds is 4. The summed E-state index contributed by atoms with van der Waals surface area (Å²) in [6.07, 6.45) is 0. The molecule has 0 amide bonds. The van der Waals surface area contributed by atoms with Crippen LogP contribution in [0.5, 0.6) is 11.5 Å². The minimum absolute atomic E-state index is 0. The number of H-pyrrole nitrogens is 1. The van der Waals surface area contributed by atoms with Gasteiger partial charge in [-0.1, -0.05) is 5.21 Å². The summed E-state index contributed by atoms with van der Waals surface area (Å²) in [4.78, 5) is 11.1. The average Bonchev–Trinajstić information content (AvgIpc) is 2.77. The first-order valence-electron chi connectivity index (χ1n) is 5.03. The number of phenols is 1. The quantitative estimate of drug-likeness (QED) is 0.622. The average molecular weight is 345 g/mol. The van der Waals surface area contributed by atoms with E-state index in [2.05, 4.69) is 15.4 Å². The first-order chi connectivity index (χ1) is 8.22. The Labute approximate surface area is 118 Å². The summed E-state index contributed by atoms with van der Waals surface area (Å²) in [6, 6.07) is 3.17. The number of fused-ring (bicyclic) bond motifs is 1. The molecule has 0 saturated heterocycles. The van der Waals surface area contributed by atoms with Crippen molar-refractivity contribution < 1.29 is 41.8 Å². The van der Waals surface area contributed by atoms with Gasteiger partial charge in [0.1, 0.15) is 0 Å². The van der Waals surface area contributed by atoms with E-state index < -0.39 is 5.97 Å². The first kappa shape index (κ1) is 14.5. The van der Waals surface area contributed by atoms with Crippen LogP contribution in [0.2, 0.25) is 0 Å². The molecule has 0 aliphatic rings. The third kappa shape index (κ3) is 3.01. The van der Waals surface area contributed by atoms with Crippen molar-refractivity contribution in [2.45, 2.75) is 6.92 Å². The van der Waals surface area contributed by atoms with Crippen LogP contribution in [-0.4, -0.2) is 39.7 Å². The summed E-state index contributed by atoms with van der Waals surface area (Å²) in [5, 5.41) is 19.6. The predicted molar refractivity (Wildman–Crippen MR) is 57.7 cm³/mol. The molecule has 7 nitrogen and oxygen atoms in total. The van der Waals surface area contributed by atoms with E-state index in [0.717, 1.165) is 0 Å². The normalized spacial score (nSPS) is 9.83. The van der Waals surface area contributed by atoms with Crippen LogP contribution in [0.4, 0.5) is 0 Å². The third-order valence-electron chi connectivity index (χ3n) is 2.09. The summed E-state index contributed by atoms with van der Waals surface area (Å²) >= 11 is 0. The maximum atomic E-state index is 11.1. The molecule has 1 aromatic heterocycles. The summed E-state index contributed by atoms with van der Waals surface area (Å²) in [5.41, 5.74) is 0.886. The summed E-state index contributed by atoms with van der Waals surface area (Å²) in [7, 11) is 0. The van der Waals surface area contributed by atoms with Crippen LogP contribution in [0, 0.1) is 0 Å². The summed E-state index contributed by atoms with van der Waals surface area (Å²) < 4.78 is 9.82. The second-order valence-electron chi connectivity index (χ2n) is 3.21. The monoisotopic (exact) mass is 344 g/mol. The molecule has 0 atom stereocenters. The van der Waals surface area contributed by atoms with E-state index in [1.165, 1.54) is 6.07 Å². The number of carbonyl (C=O) groups excluding carboxylic acids is 1. The molecule has 0 aliphatic carbocycles. The van der Waals surface area contributed by atoms with Gasteiger partial charge in [-0.15, -0.1) is 5.10 Å². The SMILES string of the molecule is CCOC(=O)COc1ccc2[nH]nnc2c1O.[Ag]. The van der Waals surface area contributed by atoms with Crippen molar-refractivity contribution in [1.29, 1.82) is 0 Å². The molecule has 2 rings (SSSR count). The fourth-order valence-corrected chi connectivity index (χ4v) is 1.34. The number of aromatic nitrogens is 3. The van der Waals surface area contributed by atoms with Gasteiger partial charge in [0.05, 0.1) is 12.1 Å². The molecule has 18 heavy (non-hydrogen) atoms. The topological polar surface area (TPSA) is 97.3 Å². The predicted octanol–water partition coefficient (Wildman–Crippen LogP) is 0.603. The van der Waals surface area contributed by atoms with E-state index >= 15 is 0 Å². The standard InChI is InChI=1S/C10H11N3O4.Ag/c1-2-16-8(14)5-17-7-4-3-6-9(10(7)15)12-13-11-6;/h3-4,15H,2,5H2,1H3,(H,11,12,13);. The molecule has 101 valence electrons. The molecule has 0 unspecified atom stereocenters. The van der Waals surface area contributed by atoms with Gasteiger partial charge < -0.3 is 14.6 Å². The Bertz CT molecular complexity index is 543. The van der Waals surface area contributed by atoms with E-state index in [-0.39, 0.29) is 47.1 Å². The van der Waals surface area contributed by atoms with Crippen molar-refractivity contribution in [3.05, 3.63) is 12.1 Å². The van der Waals surface area contributed by atoms with Crippen molar-refractivity contribution in [3.63, 3.8) is 0 Å². The minimum Gasteiger partial charge on any atom is -0.503 e. The van der Waals surface area contributed by atoms with Gasteiger partial charge in [0.15, 0.2) is 23.6 Å².